The van der Waals surface area contributed by atoms with Gasteiger partial charge in [0.1, 0.15) is 23.1 Å². The van der Waals surface area contributed by atoms with Gasteiger partial charge in [0, 0.05) is 30.4 Å². The number of imidazole rings is 1. The molecular formula is C18H21ClN6O. The Morgan fingerprint density at radius 3 is 2.96 bits per heavy atom. The molecule has 1 atom stereocenters. The third kappa shape index (κ3) is 3.26. The van der Waals surface area contributed by atoms with Crippen molar-refractivity contribution >= 4 is 23.2 Å². The van der Waals surface area contributed by atoms with Crippen LogP contribution in [0.5, 0.6) is 5.75 Å². The first-order valence-electron chi connectivity index (χ1n) is 8.73. The van der Waals surface area contributed by atoms with Gasteiger partial charge < -0.3 is 14.6 Å². The van der Waals surface area contributed by atoms with E-state index in [1.165, 1.54) is 6.42 Å². The summed E-state index contributed by atoms with van der Waals surface area (Å²) in [4.78, 5) is 8.74. The largest absolute Gasteiger partial charge is 0.494 e. The number of aryl methyl sites for hydroxylation is 1. The first-order valence-corrected chi connectivity index (χ1v) is 9.11. The molecule has 7 nitrogen and oxygen atoms in total. The van der Waals surface area contributed by atoms with Gasteiger partial charge in [0.25, 0.3) is 0 Å². The zero-order chi connectivity index (χ0) is 18.1. The Balaban J connectivity index is 1.60. The van der Waals surface area contributed by atoms with Crippen molar-refractivity contribution in [2.24, 2.45) is 0 Å². The Morgan fingerprint density at radius 1 is 1.31 bits per heavy atom. The van der Waals surface area contributed by atoms with Gasteiger partial charge in [-0.1, -0.05) is 24.9 Å². The van der Waals surface area contributed by atoms with E-state index in [9.17, 15) is 0 Å². The zero-order valence-corrected chi connectivity index (χ0v) is 15.6. The van der Waals surface area contributed by atoms with Crippen molar-refractivity contribution in [2.45, 2.75) is 38.6 Å². The summed E-state index contributed by atoms with van der Waals surface area (Å²) >= 11 is 5.91. The maximum absolute atomic E-state index is 5.91. The zero-order valence-electron chi connectivity index (χ0n) is 14.8. The second kappa shape index (κ2) is 6.99. The highest BCUT2D eigenvalue weighted by Gasteiger charge is 2.19. The molecule has 136 valence electrons. The highest BCUT2D eigenvalue weighted by Crippen LogP contribution is 2.30. The molecule has 0 bridgehead atoms. The highest BCUT2D eigenvalue weighted by atomic mass is 35.5. The second-order valence-electron chi connectivity index (χ2n) is 6.53. The molecule has 4 rings (SSSR count). The first-order chi connectivity index (χ1) is 12.6. The third-order valence-corrected chi connectivity index (χ3v) is 4.86. The molecule has 1 aromatic carbocycles. The molecule has 26 heavy (non-hydrogen) atoms. The van der Waals surface area contributed by atoms with Crippen LogP contribution in [0.15, 0.2) is 30.7 Å². The topological polar surface area (TPSA) is 69.8 Å². The standard InChI is InChI=1S/C18H21ClN6O/c1-12-5-3-4-8-25-17(12)22-18(23-25)21-13-6-7-14(15(9-13)26-2)24-10-16(19)20-11-24/h6-7,9-12H,3-5,8H2,1-2H3,(H,21,23)/t12-/m1/s1. The number of halogens is 1. The number of ether oxygens (including phenoxy) is 1. The van der Waals surface area contributed by atoms with Gasteiger partial charge in [0.15, 0.2) is 0 Å². The number of benzene rings is 1. The Bertz CT molecular complexity index is 918. The lowest BCUT2D eigenvalue weighted by atomic mass is 10.1. The van der Waals surface area contributed by atoms with Crippen LogP contribution in [0.25, 0.3) is 5.69 Å². The molecular weight excluding hydrogens is 352 g/mol. The molecule has 1 N–H and O–H groups in total. The van der Waals surface area contributed by atoms with Crippen molar-refractivity contribution in [1.82, 2.24) is 24.3 Å². The average Bonchev–Trinajstić information content (AvgIpc) is 3.20. The molecule has 0 unspecified atom stereocenters. The summed E-state index contributed by atoms with van der Waals surface area (Å²) in [6.45, 7) is 3.14. The smallest absolute Gasteiger partial charge is 0.246 e. The molecule has 0 aliphatic carbocycles. The van der Waals surface area contributed by atoms with Crippen molar-refractivity contribution in [3.05, 3.63) is 41.7 Å². The van der Waals surface area contributed by atoms with Crippen molar-refractivity contribution in [3.63, 3.8) is 0 Å². The van der Waals surface area contributed by atoms with E-state index < -0.39 is 0 Å². The van der Waals surface area contributed by atoms with E-state index in [2.05, 4.69) is 22.3 Å². The average molecular weight is 373 g/mol. The van der Waals surface area contributed by atoms with Crippen LogP contribution in [0.4, 0.5) is 11.6 Å². The summed E-state index contributed by atoms with van der Waals surface area (Å²) in [5, 5.41) is 8.34. The maximum atomic E-state index is 5.91. The third-order valence-electron chi connectivity index (χ3n) is 4.66. The van der Waals surface area contributed by atoms with Crippen LogP contribution < -0.4 is 10.1 Å². The van der Waals surface area contributed by atoms with Crippen LogP contribution in [0.3, 0.4) is 0 Å². The van der Waals surface area contributed by atoms with Gasteiger partial charge in [-0.15, -0.1) is 5.10 Å². The minimum Gasteiger partial charge on any atom is -0.494 e. The van der Waals surface area contributed by atoms with Crippen LogP contribution in [0, 0.1) is 0 Å². The predicted molar refractivity (Wildman–Crippen MR) is 101 cm³/mol. The van der Waals surface area contributed by atoms with Crippen LogP contribution in [-0.4, -0.2) is 31.4 Å². The van der Waals surface area contributed by atoms with Crippen LogP contribution in [0.1, 0.15) is 37.9 Å². The van der Waals surface area contributed by atoms with Crippen LogP contribution in [0.2, 0.25) is 5.15 Å². The van der Waals surface area contributed by atoms with Gasteiger partial charge in [-0.05, 0) is 25.0 Å². The number of rotatable bonds is 4. The van der Waals surface area contributed by atoms with Crippen molar-refractivity contribution < 1.29 is 4.74 Å². The normalized spacial score (nSPS) is 16.8. The lowest BCUT2D eigenvalue weighted by Gasteiger charge is -2.11. The fourth-order valence-corrected chi connectivity index (χ4v) is 3.45. The summed E-state index contributed by atoms with van der Waals surface area (Å²) < 4.78 is 9.37. The van der Waals surface area contributed by atoms with E-state index in [0.717, 1.165) is 36.6 Å². The molecule has 3 aromatic rings. The fourth-order valence-electron chi connectivity index (χ4n) is 3.31. The van der Waals surface area contributed by atoms with E-state index in [1.807, 2.05) is 27.4 Å². The number of fused-ring (bicyclic) bond motifs is 1. The van der Waals surface area contributed by atoms with Crippen LogP contribution in [-0.2, 0) is 6.54 Å². The SMILES string of the molecule is COc1cc(Nc2nc3n(n2)CCCC[C@H]3C)ccc1-n1cnc(Cl)c1. The van der Waals surface area contributed by atoms with Crippen molar-refractivity contribution in [3.8, 4) is 11.4 Å². The Kier molecular flexibility index (Phi) is 4.55. The molecule has 1 aliphatic rings. The molecule has 2 aromatic heterocycles. The maximum Gasteiger partial charge on any atom is 0.246 e. The molecule has 8 heteroatoms. The summed E-state index contributed by atoms with van der Waals surface area (Å²) in [5.41, 5.74) is 1.73. The Morgan fingerprint density at radius 2 is 2.19 bits per heavy atom. The molecule has 3 heterocycles. The van der Waals surface area contributed by atoms with E-state index >= 15 is 0 Å². The van der Waals surface area contributed by atoms with Crippen LogP contribution >= 0.6 is 11.6 Å². The number of nitrogens with zero attached hydrogens (tertiary/aromatic N) is 5. The van der Waals surface area contributed by atoms with Gasteiger partial charge in [0.2, 0.25) is 5.95 Å². The quantitative estimate of drug-likeness (QED) is 0.744. The Hall–Kier alpha value is -2.54. The molecule has 0 saturated heterocycles. The molecule has 0 radical (unpaired) electrons. The lowest BCUT2D eigenvalue weighted by Crippen LogP contribution is -2.04. The number of hydrogen-bond donors (Lipinski definition) is 1. The monoisotopic (exact) mass is 372 g/mol. The van der Waals surface area contributed by atoms with E-state index in [4.69, 9.17) is 21.3 Å². The molecule has 0 fully saturated rings. The summed E-state index contributed by atoms with van der Waals surface area (Å²) in [6.07, 6.45) is 6.93. The highest BCUT2D eigenvalue weighted by molar-refractivity contribution is 6.29. The number of aromatic nitrogens is 5. The summed E-state index contributed by atoms with van der Waals surface area (Å²) in [6, 6.07) is 5.82. The van der Waals surface area contributed by atoms with E-state index in [0.29, 0.717) is 22.8 Å². The number of methoxy groups -OCH3 is 1. The molecule has 0 saturated carbocycles. The number of anilines is 2. The van der Waals surface area contributed by atoms with E-state index in [1.54, 1.807) is 19.6 Å². The van der Waals surface area contributed by atoms with Gasteiger partial charge >= 0.3 is 0 Å². The van der Waals surface area contributed by atoms with Crippen molar-refractivity contribution in [2.75, 3.05) is 12.4 Å². The number of hydrogen-bond acceptors (Lipinski definition) is 5. The minimum absolute atomic E-state index is 0.434. The second-order valence-corrected chi connectivity index (χ2v) is 6.92. The van der Waals surface area contributed by atoms with Gasteiger partial charge in [-0.3, -0.25) is 0 Å². The number of nitrogens with one attached hydrogen (secondary N) is 1. The molecule has 0 amide bonds. The van der Waals surface area contributed by atoms with Crippen molar-refractivity contribution in [1.29, 1.82) is 0 Å². The minimum atomic E-state index is 0.434. The fraction of sp³-hybridized carbons (Fsp3) is 0.389. The summed E-state index contributed by atoms with van der Waals surface area (Å²) in [5.74, 6) is 2.82. The lowest BCUT2D eigenvalue weighted by molar-refractivity contribution is 0.413. The van der Waals surface area contributed by atoms with Gasteiger partial charge in [-0.2, -0.15) is 4.98 Å². The summed E-state index contributed by atoms with van der Waals surface area (Å²) in [7, 11) is 1.64. The van der Waals surface area contributed by atoms with Gasteiger partial charge in [0.05, 0.1) is 12.8 Å². The first kappa shape index (κ1) is 16.9. The Labute approximate surface area is 157 Å². The van der Waals surface area contributed by atoms with E-state index in [-0.39, 0.29) is 0 Å². The van der Waals surface area contributed by atoms with Gasteiger partial charge in [-0.25, -0.2) is 9.67 Å². The molecule has 0 spiro atoms. The molecule has 1 aliphatic heterocycles. The predicted octanol–water partition coefficient (Wildman–Crippen LogP) is 4.16.